The second kappa shape index (κ2) is 10.9. The molecule has 1 aromatic carbocycles. The van der Waals surface area contributed by atoms with E-state index < -0.39 is 0 Å². The van der Waals surface area contributed by atoms with Gasteiger partial charge in [-0.2, -0.15) is 0 Å². The number of hydrogen-bond acceptors (Lipinski definition) is 4. The minimum Gasteiger partial charge on any atom is -0.496 e. The Bertz CT molecular complexity index is 538. The number of ether oxygens (including phenoxy) is 1. The highest BCUT2D eigenvalue weighted by Crippen LogP contribution is 2.28. The van der Waals surface area contributed by atoms with Crippen LogP contribution in [0, 0.1) is 0 Å². The normalized spacial score (nSPS) is 15.6. The second-order valence-electron chi connectivity index (χ2n) is 5.81. The van der Waals surface area contributed by atoms with Gasteiger partial charge in [-0.3, -0.25) is 4.79 Å². The molecule has 2 rings (SSSR count). The fourth-order valence-electron chi connectivity index (χ4n) is 2.79. The first-order valence-electron chi connectivity index (χ1n) is 7.67. The summed E-state index contributed by atoms with van der Waals surface area (Å²) in [6.07, 6.45) is 3.78. The van der Waals surface area contributed by atoms with Crippen LogP contribution in [0.15, 0.2) is 12.1 Å². The van der Waals surface area contributed by atoms with Gasteiger partial charge < -0.3 is 20.7 Å². The van der Waals surface area contributed by atoms with Crippen molar-refractivity contribution in [2.75, 3.05) is 32.5 Å². The van der Waals surface area contributed by atoms with Gasteiger partial charge in [-0.25, -0.2) is 0 Å². The summed E-state index contributed by atoms with van der Waals surface area (Å²) in [5.74, 6) is 0.243. The smallest absolute Gasteiger partial charge is 0.255 e. The molecule has 1 atom stereocenters. The van der Waals surface area contributed by atoms with Crippen molar-refractivity contribution in [1.82, 2.24) is 10.2 Å². The zero-order valence-corrected chi connectivity index (χ0v) is 16.4. The molecule has 0 bridgehead atoms. The van der Waals surface area contributed by atoms with E-state index >= 15 is 0 Å². The number of methoxy groups -OCH3 is 1. The molecule has 0 aliphatic carbocycles. The first kappa shape index (κ1) is 23.1. The van der Waals surface area contributed by atoms with Crippen molar-refractivity contribution in [2.24, 2.45) is 0 Å². The lowest BCUT2D eigenvalue weighted by Crippen LogP contribution is -2.43. The van der Waals surface area contributed by atoms with E-state index in [1.54, 1.807) is 12.1 Å². The van der Waals surface area contributed by atoms with Crippen molar-refractivity contribution >= 4 is 48.0 Å². The topological polar surface area (TPSA) is 67.6 Å². The third-order valence-electron chi connectivity index (χ3n) is 3.92. The van der Waals surface area contributed by atoms with Crippen LogP contribution in [0.3, 0.4) is 0 Å². The molecule has 0 saturated carbocycles. The molecular weight excluding hydrogens is 373 g/mol. The minimum absolute atomic E-state index is 0. The molecule has 1 heterocycles. The number of benzene rings is 1. The first-order chi connectivity index (χ1) is 10.5. The van der Waals surface area contributed by atoms with Crippen LogP contribution in [0.1, 0.15) is 36.5 Å². The number of carbonyl (C=O) groups is 1. The third-order valence-corrected chi connectivity index (χ3v) is 4.25. The summed E-state index contributed by atoms with van der Waals surface area (Å²) in [6.45, 7) is 5.09. The van der Waals surface area contributed by atoms with Crippen molar-refractivity contribution in [3.05, 3.63) is 22.7 Å². The van der Waals surface area contributed by atoms with Gasteiger partial charge >= 0.3 is 0 Å². The molecule has 1 unspecified atom stereocenters. The van der Waals surface area contributed by atoms with Crippen LogP contribution >= 0.6 is 36.4 Å². The van der Waals surface area contributed by atoms with Crippen LogP contribution in [0.5, 0.6) is 5.75 Å². The maximum atomic E-state index is 12.4. The number of amides is 1. The summed E-state index contributed by atoms with van der Waals surface area (Å²) < 4.78 is 5.22. The molecule has 0 spiro atoms. The highest BCUT2D eigenvalue weighted by Gasteiger charge is 2.19. The van der Waals surface area contributed by atoms with E-state index in [0.717, 1.165) is 19.6 Å². The molecule has 0 aromatic heterocycles. The summed E-state index contributed by atoms with van der Waals surface area (Å²) in [5.41, 5.74) is 6.55. The van der Waals surface area contributed by atoms with Crippen molar-refractivity contribution in [3.8, 4) is 5.75 Å². The predicted octanol–water partition coefficient (Wildman–Crippen LogP) is 3.38. The van der Waals surface area contributed by atoms with Crippen LogP contribution in [-0.2, 0) is 0 Å². The summed E-state index contributed by atoms with van der Waals surface area (Å²) in [4.78, 5) is 14.8. The standard InChI is InChI=1S/C16H24ClN3O2.2ClH/c1-11(10-20-6-4-3-5-7-20)19-16(21)12-8-13(17)14(18)9-15(12)22-2;;/h8-9,11H,3-7,10,18H2,1-2H3,(H,19,21);2*1H. The molecule has 1 fully saturated rings. The molecule has 5 nitrogen and oxygen atoms in total. The number of nitrogens with zero attached hydrogens (tertiary/aromatic N) is 1. The molecule has 3 N–H and O–H groups in total. The average Bonchev–Trinajstić information content (AvgIpc) is 2.50. The van der Waals surface area contributed by atoms with Crippen LogP contribution in [-0.4, -0.2) is 43.6 Å². The van der Waals surface area contributed by atoms with Gasteiger partial charge in [0.2, 0.25) is 0 Å². The molecule has 8 heteroatoms. The average molecular weight is 399 g/mol. The Labute approximate surface area is 161 Å². The highest BCUT2D eigenvalue weighted by atomic mass is 35.5. The maximum Gasteiger partial charge on any atom is 0.255 e. The molecule has 1 aliphatic rings. The molecule has 1 aromatic rings. The number of hydrogen-bond donors (Lipinski definition) is 2. The summed E-state index contributed by atoms with van der Waals surface area (Å²) in [7, 11) is 1.51. The van der Waals surface area contributed by atoms with Gasteiger partial charge in [0.25, 0.3) is 5.91 Å². The Morgan fingerprint density at radius 3 is 2.54 bits per heavy atom. The third kappa shape index (κ3) is 6.20. The zero-order valence-electron chi connectivity index (χ0n) is 14.0. The van der Waals surface area contributed by atoms with E-state index in [-0.39, 0.29) is 36.8 Å². The lowest BCUT2D eigenvalue weighted by Gasteiger charge is -2.29. The van der Waals surface area contributed by atoms with E-state index in [1.807, 2.05) is 6.92 Å². The highest BCUT2D eigenvalue weighted by molar-refractivity contribution is 6.33. The number of nitrogens with two attached hydrogens (primary N) is 1. The number of nitrogen functional groups attached to an aromatic ring is 1. The molecule has 138 valence electrons. The number of carbonyl (C=O) groups excluding carboxylic acids is 1. The van der Waals surface area contributed by atoms with Gasteiger partial charge in [0.1, 0.15) is 5.75 Å². The molecule has 1 saturated heterocycles. The fourth-order valence-corrected chi connectivity index (χ4v) is 2.96. The van der Waals surface area contributed by atoms with Gasteiger partial charge in [0.05, 0.1) is 23.4 Å². The molecule has 24 heavy (non-hydrogen) atoms. The van der Waals surface area contributed by atoms with Crippen molar-refractivity contribution in [3.63, 3.8) is 0 Å². The van der Waals surface area contributed by atoms with E-state index in [1.165, 1.54) is 26.4 Å². The molecular formula is C16H26Cl3N3O2. The van der Waals surface area contributed by atoms with Gasteiger partial charge in [-0.1, -0.05) is 18.0 Å². The number of nitrogens with one attached hydrogen (secondary N) is 1. The number of piperidine rings is 1. The quantitative estimate of drug-likeness (QED) is 0.746. The molecule has 0 radical (unpaired) electrons. The van der Waals surface area contributed by atoms with E-state index in [0.29, 0.717) is 22.0 Å². The summed E-state index contributed by atoms with van der Waals surface area (Å²) >= 11 is 6.01. The van der Waals surface area contributed by atoms with Crippen molar-refractivity contribution in [1.29, 1.82) is 0 Å². The number of rotatable bonds is 5. The van der Waals surface area contributed by atoms with Crippen LogP contribution < -0.4 is 15.8 Å². The van der Waals surface area contributed by atoms with E-state index in [4.69, 9.17) is 22.1 Å². The maximum absolute atomic E-state index is 12.4. The molecule has 1 amide bonds. The Kier molecular flexibility index (Phi) is 10.5. The monoisotopic (exact) mass is 397 g/mol. The van der Waals surface area contributed by atoms with Gasteiger partial charge in [-0.05, 0) is 38.9 Å². The Morgan fingerprint density at radius 1 is 1.33 bits per heavy atom. The second-order valence-corrected chi connectivity index (χ2v) is 6.22. The lowest BCUT2D eigenvalue weighted by molar-refractivity contribution is 0.0922. The minimum atomic E-state index is -0.191. The largest absolute Gasteiger partial charge is 0.496 e. The van der Waals surface area contributed by atoms with Crippen LogP contribution in [0.2, 0.25) is 5.02 Å². The number of likely N-dealkylation sites (tertiary alicyclic amines) is 1. The fraction of sp³-hybridized carbons (Fsp3) is 0.562. The Balaban J connectivity index is 0.00000264. The van der Waals surface area contributed by atoms with Crippen molar-refractivity contribution in [2.45, 2.75) is 32.2 Å². The Hall–Kier alpha value is -0.880. The van der Waals surface area contributed by atoms with Crippen LogP contribution in [0.4, 0.5) is 5.69 Å². The number of halogens is 3. The first-order valence-corrected chi connectivity index (χ1v) is 8.05. The lowest BCUT2D eigenvalue weighted by atomic mass is 10.1. The molecule has 1 aliphatic heterocycles. The predicted molar refractivity (Wildman–Crippen MR) is 104 cm³/mol. The van der Waals surface area contributed by atoms with E-state index in [9.17, 15) is 4.79 Å². The summed E-state index contributed by atoms with van der Waals surface area (Å²) in [5, 5.41) is 3.36. The van der Waals surface area contributed by atoms with Crippen molar-refractivity contribution < 1.29 is 9.53 Å². The van der Waals surface area contributed by atoms with Gasteiger partial charge in [0, 0.05) is 18.7 Å². The van der Waals surface area contributed by atoms with Crippen LogP contribution in [0.25, 0.3) is 0 Å². The zero-order chi connectivity index (χ0) is 16.1. The number of anilines is 1. The SMILES string of the molecule is COc1cc(N)c(Cl)cc1C(=O)NC(C)CN1CCCCC1.Cl.Cl. The van der Waals surface area contributed by atoms with Gasteiger partial charge in [0.15, 0.2) is 0 Å². The van der Waals surface area contributed by atoms with E-state index in [2.05, 4.69) is 10.2 Å². The van der Waals surface area contributed by atoms with Gasteiger partial charge in [-0.15, -0.1) is 24.8 Å². The summed E-state index contributed by atoms with van der Waals surface area (Å²) in [6, 6.07) is 3.19. The Morgan fingerprint density at radius 2 is 1.96 bits per heavy atom.